The molecule has 8 nitrogen and oxygen atoms in total. The molecule has 2 aliphatic rings. The standard InChI is InChI=1S/C23H35N7O/c1-19-15-21(5-7-24-19)30-17-20-16-28(10-6-22(20)25-30)18-23(31)29-13-11-27(12-14-29)9-4-8-26(2)3/h5,7,15,17H,4,6,8-14,16,18H2,1-3H3. The van der Waals surface area contributed by atoms with Crippen LogP contribution in [0.2, 0.25) is 0 Å². The second-order valence-corrected chi connectivity index (χ2v) is 9.04. The van der Waals surface area contributed by atoms with E-state index in [4.69, 9.17) is 5.10 Å². The minimum absolute atomic E-state index is 0.258. The molecule has 0 bridgehead atoms. The van der Waals surface area contributed by atoms with Crippen LogP contribution in [0.4, 0.5) is 0 Å². The Kier molecular flexibility index (Phi) is 6.99. The predicted octanol–water partition coefficient (Wildman–Crippen LogP) is 1.03. The summed E-state index contributed by atoms with van der Waals surface area (Å²) in [6.45, 7) is 10.1. The van der Waals surface area contributed by atoms with Gasteiger partial charge in [-0.15, -0.1) is 0 Å². The van der Waals surface area contributed by atoms with Crippen molar-refractivity contribution in [3.63, 3.8) is 0 Å². The van der Waals surface area contributed by atoms with Crippen molar-refractivity contribution in [1.82, 2.24) is 34.4 Å². The van der Waals surface area contributed by atoms with E-state index in [1.165, 1.54) is 12.0 Å². The molecule has 31 heavy (non-hydrogen) atoms. The molecule has 0 aromatic carbocycles. The van der Waals surface area contributed by atoms with Gasteiger partial charge in [-0.2, -0.15) is 5.10 Å². The molecule has 0 N–H and O–H groups in total. The Morgan fingerprint density at radius 3 is 2.68 bits per heavy atom. The molecule has 2 aliphatic heterocycles. The smallest absolute Gasteiger partial charge is 0.236 e. The van der Waals surface area contributed by atoms with Gasteiger partial charge in [0, 0.05) is 69.3 Å². The molecule has 1 fully saturated rings. The number of hydrogen-bond acceptors (Lipinski definition) is 6. The van der Waals surface area contributed by atoms with Gasteiger partial charge < -0.3 is 9.80 Å². The zero-order valence-corrected chi connectivity index (χ0v) is 19.1. The van der Waals surface area contributed by atoms with Crippen LogP contribution >= 0.6 is 0 Å². The number of carbonyl (C=O) groups excluding carboxylic acids is 1. The lowest BCUT2D eigenvalue weighted by molar-refractivity contribution is -0.134. The van der Waals surface area contributed by atoms with Gasteiger partial charge in [-0.25, -0.2) is 4.68 Å². The van der Waals surface area contributed by atoms with Gasteiger partial charge in [0.25, 0.3) is 0 Å². The Hall–Kier alpha value is -2.29. The van der Waals surface area contributed by atoms with Gasteiger partial charge in [-0.05, 0) is 52.7 Å². The van der Waals surface area contributed by atoms with Gasteiger partial charge in [-0.3, -0.25) is 19.6 Å². The van der Waals surface area contributed by atoms with E-state index in [1.807, 2.05) is 34.8 Å². The van der Waals surface area contributed by atoms with Crippen LogP contribution in [0.25, 0.3) is 5.69 Å². The summed E-state index contributed by atoms with van der Waals surface area (Å²) in [7, 11) is 4.23. The molecule has 0 unspecified atom stereocenters. The van der Waals surface area contributed by atoms with E-state index in [0.29, 0.717) is 6.54 Å². The van der Waals surface area contributed by atoms with Crippen molar-refractivity contribution >= 4 is 5.91 Å². The Bertz CT molecular complexity index is 886. The number of fused-ring (bicyclic) bond motifs is 1. The molecule has 8 heteroatoms. The molecule has 1 saturated heterocycles. The first-order chi connectivity index (χ1) is 15.0. The lowest BCUT2D eigenvalue weighted by Gasteiger charge is -2.36. The van der Waals surface area contributed by atoms with Crippen molar-refractivity contribution in [2.45, 2.75) is 26.3 Å². The van der Waals surface area contributed by atoms with Crippen LogP contribution < -0.4 is 0 Å². The fourth-order valence-corrected chi connectivity index (χ4v) is 4.43. The summed E-state index contributed by atoms with van der Waals surface area (Å²) in [4.78, 5) is 26.2. The number of rotatable bonds is 7. The summed E-state index contributed by atoms with van der Waals surface area (Å²) in [6, 6.07) is 4.02. The summed E-state index contributed by atoms with van der Waals surface area (Å²) < 4.78 is 1.94. The highest BCUT2D eigenvalue weighted by atomic mass is 16.2. The Morgan fingerprint density at radius 1 is 1.13 bits per heavy atom. The molecule has 0 atom stereocenters. The normalized spacial score (nSPS) is 17.9. The maximum absolute atomic E-state index is 12.9. The van der Waals surface area contributed by atoms with Crippen molar-refractivity contribution in [3.8, 4) is 5.69 Å². The first-order valence-corrected chi connectivity index (χ1v) is 11.4. The summed E-state index contributed by atoms with van der Waals surface area (Å²) in [5.41, 5.74) is 4.38. The van der Waals surface area contributed by atoms with Gasteiger partial charge in [0.2, 0.25) is 5.91 Å². The summed E-state index contributed by atoms with van der Waals surface area (Å²) in [5.74, 6) is 0.258. The number of amides is 1. The Labute approximate surface area is 185 Å². The highest BCUT2D eigenvalue weighted by Gasteiger charge is 2.25. The fourth-order valence-electron chi connectivity index (χ4n) is 4.43. The van der Waals surface area contributed by atoms with Gasteiger partial charge in [0.15, 0.2) is 0 Å². The molecule has 2 aromatic heterocycles. The molecular weight excluding hydrogens is 390 g/mol. The second-order valence-electron chi connectivity index (χ2n) is 9.04. The number of aryl methyl sites for hydroxylation is 1. The quantitative estimate of drug-likeness (QED) is 0.660. The largest absolute Gasteiger partial charge is 0.339 e. The highest BCUT2D eigenvalue weighted by Crippen LogP contribution is 2.20. The minimum Gasteiger partial charge on any atom is -0.339 e. The topological polar surface area (TPSA) is 60.7 Å². The summed E-state index contributed by atoms with van der Waals surface area (Å²) in [5, 5.41) is 4.77. The average molecular weight is 426 g/mol. The fraction of sp³-hybridized carbons (Fsp3) is 0.609. The van der Waals surface area contributed by atoms with Crippen molar-refractivity contribution < 1.29 is 4.79 Å². The monoisotopic (exact) mass is 425 g/mol. The number of piperazine rings is 1. The molecule has 4 heterocycles. The zero-order valence-electron chi connectivity index (χ0n) is 19.1. The van der Waals surface area contributed by atoms with Gasteiger partial charge >= 0.3 is 0 Å². The predicted molar refractivity (Wildman–Crippen MR) is 121 cm³/mol. The molecule has 4 rings (SSSR count). The number of pyridine rings is 1. The van der Waals surface area contributed by atoms with Gasteiger partial charge in [-0.1, -0.05) is 0 Å². The van der Waals surface area contributed by atoms with Crippen LogP contribution in [-0.2, 0) is 17.8 Å². The molecule has 0 radical (unpaired) electrons. The second kappa shape index (κ2) is 9.89. The van der Waals surface area contributed by atoms with Gasteiger partial charge in [0.1, 0.15) is 0 Å². The third-order valence-corrected chi connectivity index (χ3v) is 6.24. The maximum Gasteiger partial charge on any atom is 0.236 e. The van der Waals surface area contributed by atoms with E-state index in [-0.39, 0.29) is 5.91 Å². The van der Waals surface area contributed by atoms with E-state index in [1.54, 1.807) is 0 Å². The first-order valence-electron chi connectivity index (χ1n) is 11.4. The van der Waals surface area contributed by atoms with Crippen LogP contribution in [0.3, 0.4) is 0 Å². The third-order valence-electron chi connectivity index (χ3n) is 6.24. The molecule has 168 valence electrons. The first kappa shape index (κ1) is 21.9. The Balaban J connectivity index is 1.26. The number of aromatic nitrogens is 3. The van der Waals surface area contributed by atoms with Crippen molar-refractivity contribution in [2.24, 2.45) is 0 Å². The lowest BCUT2D eigenvalue weighted by atomic mass is 10.1. The molecule has 0 spiro atoms. The van der Waals surface area contributed by atoms with E-state index >= 15 is 0 Å². The highest BCUT2D eigenvalue weighted by molar-refractivity contribution is 5.78. The van der Waals surface area contributed by atoms with E-state index in [0.717, 1.165) is 75.9 Å². The van der Waals surface area contributed by atoms with E-state index < -0.39 is 0 Å². The number of nitrogens with zero attached hydrogens (tertiary/aromatic N) is 7. The molecule has 1 amide bonds. The van der Waals surface area contributed by atoms with Crippen LogP contribution in [0.5, 0.6) is 0 Å². The van der Waals surface area contributed by atoms with Crippen LogP contribution in [0.1, 0.15) is 23.4 Å². The SMILES string of the molecule is Cc1cc(-n2cc3c(n2)CCN(CC(=O)N2CCN(CCCN(C)C)CC2)C3)ccn1. The lowest BCUT2D eigenvalue weighted by Crippen LogP contribution is -2.51. The van der Waals surface area contributed by atoms with Gasteiger partial charge in [0.05, 0.1) is 17.9 Å². The summed E-state index contributed by atoms with van der Waals surface area (Å²) in [6.07, 6.45) is 5.99. The van der Waals surface area contributed by atoms with Crippen LogP contribution in [-0.4, -0.2) is 107 Å². The molecule has 2 aromatic rings. The molecule has 0 saturated carbocycles. The summed E-state index contributed by atoms with van der Waals surface area (Å²) >= 11 is 0. The number of carbonyl (C=O) groups is 1. The van der Waals surface area contributed by atoms with E-state index in [9.17, 15) is 4.79 Å². The molecule has 0 aliphatic carbocycles. The third kappa shape index (κ3) is 5.70. The van der Waals surface area contributed by atoms with Crippen LogP contribution in [0, 0.1) is 6.92 Å². The zero-order chi connectivity index (χ0) is 21.8. The minimum atomic E-state index is 0.258. The van der Waals surface area contributed by atoms with Crippen molar-refractivity contribution in [3.05, 3.63) is 41.5 Å². The average Bonchev–Trinajstić information content (AvgIpc) is 3.17. The number of hydrogen-bond donors (Lipinski definition) is 0. The van der Waals surface area contributed by atoms with Crippen LogP contribution in [0.15, 0.2) is 24.5 Å². The maximum atomic E-state index is 12.9. The van der Waals surface area contributed by atoms with Crippen molar-refractivity contribution in [2.75, 3.05) is 66.5 Å². The van der Waals surface area contributed by atoms with E-state index in [2.05, 4.69) is 40.0 Å². The van der Waals surface area contributed by atoms with Crippen molar-refractivity contribution in [1.29, 1.82) is 0 Å². The molecular formula is C23H35N7O. The Morgan fingerprint density at radius 2 is 1.94 bits per heavy atom.